The minimum Gasteiger partial charge on any atom is -0.342 e. The van der Waals surface area contributed by atoms with E-state index in [2.05, 4.69) is 29.0 Å². The predicted molar refractivity (Wildman–Crippen MR) is 85.2 cm³/mol. The topological polar surface area (TPSA) is 35.6 Å². The average molecular weight is 293 g/mol. The highest BCUT2D eigenvalue weighted by atomic mass is 16.2. The molecule has 120 valence electrons. The molecule has 2 bridgehead atoms. The minimum absolute atomic E-state index is 0.356. The number of nitrogens with one attached hydrogen (secondary N) is 1. The van der Waals surface area contributed by atoms with Gasteiger partial charge in [-0.15, -0.1) is 0 Å². The van der Waals surface area contributed by atoms with E-state index in [4.69, 9.17) is 0 Å². The zero-order chi connectivity index (χ0) is 14.8. The molecular weight excluding hydrogens is 262 g/mol. The van der Waals surface area contributed by atoms with Crippen molar-refractivity contribution >= 4 is 5.91 Å². The smallest absolute Gasteiger partial charge is 0.236 e. The number of nitrogens with zero attached hydrogens (tertiary/aromatic N) is 2. The first kappa shape index (κ1) is 15.3. The summed E-state index contributed by atoms with van der Waals surface area (Å²) in [7, 11) is 0. The van der Waals surface area contributed by atoms with Crippen molar-refractivity contribution in [3.8, 4) is 0 Å². The van der Waals surface area contributed by atoms with E-state index >= 15 is 0 Å². The lowest BCUT2D eigenvalue weighted by molar-refractivity contribution is -0.134. The van der Waals surface area contributed by atoms with Crippen molar-refractivity contribution in [2.75, 3.05) is 26.2 Å². The average Bonchev–Trinajstić information content (AvgIpc) is 2.83. The van der Waals surface area contributed by atoms with E-state index in [1.165, 1.54) is 38.5 Å². The van der Waals surface area contributed by atoms with E-state index in [9.17, 15) is 4.79 Å². The van der Waals surface area contributed by atoms with Crippen molar-refractivity contribution in [3.05, 3.63) is 0 Å². The third kappa shape index (κ3) is 3.59. The van der Waals surface area contributed by atoms with E-state index in [0.29, 0.717) is 30.6 Å². The molecule has 2 atom stereocenters. The molecule has 0 spiro atoms. The second-order valence-corrected chi connectivity index (χ2v) is 7.39. The monoisotopic (exact) mass is 293 g/mol. The van der Waals surface area contributed by atoms with Gasteiger partial charge in [0.15, 0.2) is 0 Å². The fraction of sp³-hybridized carbons (Fsp3) is 0.941. The van der Waals surface area contributed by atoms with Crippen LogP contribution in [0.2, 0.25) is 0 Å². The van der Waals surface area contributed by atoms with Crippen LogP contribution < -0.4 is 5.32 Å². The number of piperidine rings is 2. The third-order valence-corrected chi connectivity index (χ3v) is 5.85. The maximum absolute atomic E-state index is 12.6. The van der Waals surface area contributed by atoms with E-state index < -0.39 is 0 Å². The summed E-state index contributed by atoms with van der Waals surface area (Å²) in [5.74, 6) is 1.14. The quantitative estimate of drug-likeness (QED) is 0.859. The maximum Gasteiger partial charge on any atom is 0.236 e. The lowest BCUT2D eigenvalue weighted by Gasteiger charge is -2.38. The molecule has 3 aliphatic heterocycles. The number of rotatable bonds is 4. The summed E-state index contributed by atoms with van der Waals surface area (Å²) in [6.45, 7) is 8.07. The van der Waals surface area contributed by atoms with Crippen LogP contribution in [0.25, 0.3) is 0 Å². The Bertz CT molecular complexity index is 353. The van der Waals surface area contributed by atoms with Crippen LogP contribution in [0, 0.1) is 5.92 Å². The number of hydrogen-bond donors (Lipinski definition) is 1. The Morgan fingerprint density at radius 3 is 2.33 bits per heavy atom. The molecule has 0 radical (unpaired) electrons. The summed E-state index contributed by atoms with van der Waals surface area (Å²) in [4.78, 5) is 17.1. The second-order valence-electron chi connectivity index (χ2n) is 7.39. The molecular formula is C17H31N3O. The molecule has 0 saturated carbocycles. The van der Waals surface area contributed by atoms with Gasteiger partial charge in [-0.25, -0.2) is 0 Å². The van der Waals surface area contributed by atoms with Crippen LogP contribution in [0.1, 0.15) is 52.4 Å². The van der Waals surface area contributed by atoms with E-state index in [1.54, 1.807) is 0 Å². The molecule has 4 nitrogen and oxygen atoms in total. The van der Waals surface area contributed by atoms with Gasteiger partial charge >= 0.3 is 0 Å². The van der Waals surface area contributed by atoms with Gasteiger partial charge in [-0.1, -0.05) is 13.8 Å². The lowest BCUT2D eigenvalue weighted by atomic mass is 9.97. The van der Waals surface area contributed by atoms with Gasteiger partial charge in [-0.3, -0.25) is 9.69 Å². The molecule has 3 saturated heterocycles. The summed E-state index contributed by atoms with van der Waals surface area (Å²) in [5.41, 5.74) is 0. The standard InChI is InChI=1S/C17H31N3O/c1-3-19(16-10-14-4-5-15(11-16)18-14)12-17(21)20-8-6-13(2)7-9-20/h13-16,18H,3-12H2,1-2H3. The number of carbonyl (C=O) groups excluding carboxylic acids is 1. The minimum atomic E-state index is 0.356. The maximum atomic E-state index is 12.6. The van der Waals surface area contributed by atoms with Crippen LogP contribution in [0.4, 0.5) is 0 Å². The molecule has 0 aromatic heterocycles. The molecule has 3 heterocycles. The van der Waals surface area contributed by atoms with Crippen LogP contribution in [-0.2, 0) is 4.79 Å². The van der Waals surface area contributed by atoms with Gasteiger partial charge in [0.1, 0.15) is 0 Å². The van der Waals surface area contributed by atoms with Gasteiger partial charge in [-0.2, -0.15) is 0 Å². The highest BCUT2D eigenvalue weighted by Crippen LogP contribution is 2.29. The SMILES string of the molecule is CCN(CC(=O)N1CCC(C)CC1)C1CC2CCC(C1)N2. The summed E-state index contributed by atoms with van der Waals surface area (Å²) < 4.78 is 0. The van der Waals surface area contributed by atoms with Crippen LogP contribution in [0.15, 0.2) is 0 Å². The van der Waals surface area contributed by atoms with Crippen LogP contribution >= 0.6 is 0 Å². The molecule has 1 N–H and O–H groups in total. The normalized spacial score (nSPS) is 33.7. The Morgan fingerprint density at radius 2 is 1.76 bits per heavy atom. The zero-order valence-electron chi connectivity index (χ0n) is 13.7. The van der Waals surface area contributed by atoms with E-state index in [-0.39, 0.29) is 0 Å². The zero-order valence-corrected chi connectivity index (χ0v) is 13.7. The van der Waals surface area contributed by atoms with Crippen molar-refractivity contribution < 1.29 is 4.79 Å². The first-order valence-corrected chi connectivity index (χ1v) is 8.93. The largest absolute Gasteiger partial charge is 0.342 e. The van der Waals surface area contributed by atoms with Crippen molar-refractivity contribution in [2.24, 2.45) is 5.92 Å². The fourth-order valence-corrected chi connectivity index (χ4v) is 4.36. The summed E-state index contributed by atoms with van der Waals surface area (Å²) in [6, 6.07) is 2.02. The number of likely N-dealkylation sites (tertiary alicyclic amines) is 1. The Hall–Kier alpha value is -0.610. The molecule has 3 fully saturated rings. The number of fused-ring (bicyclic) bond motifs is 2. The van der Waals surface area contributed by atoms with E-state index in [0.717, 1.165) is 25.6 Å². The molecule has 21 heavy (non-hydrogen) atoms. The first-order valence-electron chi connectivity index (χ1n) is 8.93. The number of amides is 1. The molecule has 0 aromatic carbocycles. The Balaban J connectivity index is 1.53. The second kappa shape index (κ2) is 6.66. The third-order valence-electron chi connectivity index (χ3n) is 5.85. The van der Waals surface area contributed by atoms with Gasteiger partial charge in [-0.05, 0) is 51.0 Å². The highest BCUT2D eigenvalue weighted by Gasteiger charge is 2.36. The van der Waals surface area contributed by atoms with Gasteiger partial charge in [0.05, 0.1) is 6.54 Å². The van der Waals surface area contributed by atoms with Crippen LogP contribution in [0.3, 0.4) is 0 Å². The van der Waals surface area contributed by atoms with Crippen molar-refractivity contribution in [3.63, 3.8) is 0 Å². The van der Waals surface area contributed by atoms with Crippen LogP contribution in [-0.4, -0.2) is 60.0 Å². The lowest BCUT2D eigenvalue weighted by Crippen LogP contribution is -2.51. The molecule has 3 aliphatic rings. The van der Waals surface area contributed by atoms with Crippen LogP contribution in [0.5, 0.6) is 0 Å². The molecule has 4 heteroatoms. The molecule has 0 aromatic rings. The fourth-order valence-electron chi connectivity index (χ4n) is 4.36. The number of hydrogen-bond acceptors (Lipinski definition) is 3. The Morgan fingerprint density at radius 1 is 1.14 bits per heavy atom. The Labute approximate surface area is 129 Å². The van der Waals surface area contributed by atoms with Crippen molar-refractivity contribution in [1.29, 1.82) is 0 Å². The molecule has 0 aliphatic carbocycles. The predicted octanol–water partition coefficient (Wildman–Crippen LogP) is 1.85. The summed E-state index contributed by atoms with van der Waals surface area (Å²) in [5, 5.41) is 3.70. The van der Waals surface area contributed by atoms with Crippen molar-refractivity contribution in [2.45, 2.75) is 70.5 Å². The summed E-state index contributed by atoms with van der Waals surface area (Å²) in [6.07, 6.45) is 7.47. The van der Waals surface area contributed by atoms with E-state index in [1.807, 2.05) is 0 Å². The van der Waals surface area contributed by atoms with Gasteiger partial charge in [0.25, 0.3) is 0 Å². The molecule has 2 unspecified atom stereocenters. The molecule has 1 amide bonds. The number of likely N-dealkylation sites (N-methyl/N-ethyl adjacent to an activating group) is 1. The summed E-state index contributed by atoms with van der Waals surface area (Å²) >= 11 is 0. The van der Waals surface area contributed by atoms with Gasteiger partial charge in [0, 0.05) is 31.2 Å². The highest BCUT2D eigenvalue weighted by molar-refractivity contribution is 5.78. The van der Waals surface area contributed by atoms with Gasteiger partial charge in [0.2, 0.25) is 5.91 Å². The number of carbonyl (C=O) groups is 1. The molecule has 3 rings (SSSR count). The van der Waals surface area contributed by atoms with Crippen molar-refractivity contribution in [1.82, 2.24) is 15.1 Å². The first-order chi connectivity index (χ1) is 10.2. The Kier molecular flexibility index (Phi) is 4.85. The van der Waals surface area contributed by atoms with Gasteiger partial charge < -0.3 is 10.2 Å².